The lowest BCUT2D eigenvalue weighted by Gasteiger charge is -2.07. The van der Waals surface area contributed by atoms with Crippen molar-refractivity contribution >= 4 is 23.2 Å². The highest BCUT2D eigenvalue weighted by Crippen LogP contribution is 2.21. The monoisotopic (exact) mass is 397 g/mol. The Balaban J connectivity index is 1.49. The number of rotatable bonds is 8. The Hall–Kier alpha value is -3.52. The van der Waals surface area contributed by atoms with Crippen LogP contribution >= 0.6 is 0 Å². The van der Waals surface area contributed by atoms with Gasteiger partial charge in [0.25, 0.3) is 0 Å². The topological polar surface area (TPSA) is 93.5 Å². The molecule has 3 rings (SSSR count). The van der Waals surface area contributed by atoms with E-state index in [1.54, 1.807) is 42.6 Å². The molecule has 1 aromatic heterocycles. The van der Waals surface area contributed by atoms with Crippen molar-refractivity contribution in [2.45, 2.75) is 12.8 Å². The molecule has 29 heavy (non-hydrogen) atoms. The van der Waals surface area contributed by atoms with E-state index in [-0.39, 0.29) is 30.7 Å². The van der Waals surface area contributed by atoms with E-state index in [0.717, 1.165) is 0 Å². The molecular weight excluding hydrogens is 377 g/mol. The Labute approximate surface area is 166 Å². The maximum atomic E-state index is 13.0. The van der Waals surface area contributed by atoms with Gasteiger partial charge >= 0.3 is 0 Å². The number of benzene rings is 2. The number of oxazole rings is 1. The van der Waals surface area contributed by atoms with Crippen LogP contribution in [-0.4, -0.2) is 30.5 Å². The lowest BCUT2D eigenvalue weighted by molar-refractivity contribution is -0.119. The molecule has 8 heteroatoms. The van der Waals surface area contributed by atoms with Gasteiger partial charge in [-0.25, -0.2) is 9.37 Å². The van der Waals surface area contributed by atoms with Crippen LogP contribution in [0.15, 0.2) is 59.1 Å². The lowest BCUT2D eigenvalue weighted by Crippen LogP contribution is -2.17. The first-order chi connectivity index (χ1) is 14.0. The van der Waals surface area contributed by atoms with Gasteiger partial charge in [-0.1, -0.05) is 0 Å². The quantitative estimate of drug-likeness (QED) is 0.605. The number of nitrogens with one attached hydrogen (secondary N) is 2. The smallest absolute Gasteiger partial charge is 0.250 e. The molecule has 0 fully saturated rings. The zero-order valence-electron chi connectivity index (χ0n) is 15.8. The lowest BCUT2D eigenvalue weighted by atomic mass is 10.2. The first-order valence-corrected chi connectivity index (χ1v) is 8.93. The van der Waals surface area contributed by atoms with E-state index in [1.165, 1.54) is 19.2 Å². The summed E-state index contributed by atoms with van der Waals surface area (Å²) in [7, 11) is 1.44. The largest absolute Gasteiger partial charge is 0.441 e. The summed E-state index contributed by atoms with van der Waals surface area (Å²) in [6.07, 6.45) is 2.07. The van der Waals surface area contributed by atoms with Crippen LogP contribution in [0.3, 0.4) is 0 Å². The first kappa shape index (κ1) is 20.2. The van der Waals surface area contributed by atoms with E-state index in [9.17, 15) is 14.0 Å². The average molecular weight is 397 g/mol. The minimum Gasteiger partial charge on any atom is -0.441 e. The third-order valence-electron chi connectivity index (χ3n) is 3.98. The highest BCUT2D eigenvalue weighted by Gasteiger charge is 2.10. The van der Waals surface area contributed by atoms with Crippen LogP contribution in [0, 0.1) is 5.82 Å². The molecule has 3 aromatic rings. The van der Waals surface area contributed by atoms with Crippen molar-refractivity contribution in [1.82, 2.24) is 4.98 Å². The molecule has 1 heterocycles. The van der Waals surface area contributed by atoms with Crippen molar-refractivity contribution in [2.75, 3.05) is 24.4 Å². The van der Waals surface area contributed by atoms with Gasteiger partial charge in [-0.15, -0.1) is 0 Å². The fourth-order valence-electron chi connectivity index (χ4n) is 2.58. The molecule has 0 spiro atoms. The van der Waals surface area contributed by atoms with Gasteiger partial charge in [-0.3, -0.25) is 9.59 Å². The Morgan fingerprint density at radius 3 is 2.24 bits per heavy atom. The van der Waals surface area contributed by atoms with Crippen LogP contribution in [0.5, 0.6) is 0 Å². The number of carbonyl (C=O) groups is 2. The summed E-state index contributed by atoms with van der Waals surface area (Å²) in [4.78, 5) is 27.8. The van der Waals surface area contributed by atoms with Crippen molar-refractivity contribution in [1.29, 1.82) is 0 Å². The zero-order chi connectivity index (χ0) is 20.6. The Kier molecular flexibility index (Phi) is 6.70. The fourth-order valence-corrected chi connectivity index (χ4v) is 2.58. The molecule has 2 amide bonds. The number of aryl methyl sites for hydroxylation is 1. The summed E-state index contributed by atoms with van der Waals surface area (Å²) in [6, 6.07) is 12.7. The minimum atomic E-state index is -0.324. The second kappa shape index (κ2) is 9.61. The summed E-state index contributed by atoms with van der Waals surface area (Å²) in [6.45, 7) is -0.0256. The van der Waals surface area contributed by atoms with Crippen LogP contribution in [-0.2, 0) is 20.7 Å². The summed E-state index contributed by atoms with van der Waals surface area (Å²) < 4.78 is 23.4. The van der Waals surface area contributed by atoms with E-state index >= 15 is 0 Å². The predicted molar refractivity (Wildman–Crippen MR) is 106 cm³/mol. The number of ether oxygens (including phenoxy) is 1. The third-order valence-corrected chi connectivity index (χ3v) is 3.98. The summed E-state index contributed by atoms with van der Waals surface area (Å²) in [5.41, 5.74) is 1.93. The maximum Gasteiger partial charge on any atom is 0.250 e. The van der Waals surface area contributed by atoms with Crippen molar-refractivity contribution in [2.24, 2.45) is 0 Å². The van der Waals surface area contributed by atoms with Crippen LogP contribution < -0.4 is 10.6 Å². The molecule has 0 bridgehead atoms. The number of aromatic nitrogens is 1. The summed E-state index contributed by atoms with van der Waals surface area (Å²) in [5.74, 6) is 0.177. The molecule has 2 aromatic carbocycles. The predicted octanol–water partition coefficient (Wildman–Crippen LogP) is 3.64. The van der Waals surface area contributed by atoms with Crippen molar-refractivity contribution in [3.63, 3.8) is 0 Å². The first-order valence-electron chi connectivity index (χ1n) is 8.93. The van der Waals surface area contributed by atoms with Crippen LogP contribution in [0.4, 0.5) is 15.8 Å². The third kappa shape index (κ3) is 5.98. The number of hydrogen-bond donors (Lipinski definition) is 2. The van der Waals surface area contributed by atoms with Gasteiger partial charge in [-0.2, -0.15) is 0 Å². The number of nitrogens with zero attached hydrogens (tertiary/aromatic N) is 1. The Morgan fingerprint density at radius 2 is 1.62 bits per heavy atom. The summed E-state index contributed by atoms with van der Waals surface area (Å²) in [5, 5.41) is 5.45. The Morgan fingerprint density at radius 1 is 1.00 bits per heavy atom. The van der Waals surface area contributed by atoms with Crippen molar-refractivity contribution in [3.05, 3.63) is 66.4 Å². The number of methoxy groups -OCH3 is 1. The van der Waals surface area contributed by atoms with Crippen molar-refractivity contribution in [3.8, 4) is 11.3 Å². The molecule has 7 nitrogen and oxygen atoms in total. The van der Waals surface area contributed by atoms with E-state index in [4.69, 9.17) is 9.15 Å². The molecule has 2 N–H and O–H groups in total. The molecule has 0 saturated carbocycles. The van der Waals surface area contributed by atoms with Crippen molar-refractivity contribution < 1.29 is 23.1 Å². The Bertz CT molecular complexity index is 968. The van der Waals surface area contributed by atoms with Crippen LogP contribution in [0.1, 0.15) is 12.3 Å². The second-order valence-electron chi connectivity index (χ2n) is 6.23. The highest BCUT2D eigenvalue weighted by molar-refractivity contribution is 5.93. The molecule has 150 valence electrons. The van der Waals surface area contributed by atoms with E-state index < -0.39 is 0 Å². The van der Waals surface area contributed by atoms with Gasteiger partial charge in [-0.05, 0) is 48.5 Å². The molecule has 0 aliphatic heterocycles. The van der Waals surface area contributed by atoms with Gasteiger partial charge in [0.05, 0.1) is 6.20 Å². The maximum absolute atomic E-state index is 13.0. The van der Waals surface area contributed by atoms with Gasteiger partial charge in [0, 0.05) is 36.9 Å². The summed E-state index contributed by atoms with van der Waals surface area (Å²) >= 11 is 0. The van der Waals surface area contributed by atoms with Gasteiger partial charge in [0.15, 0.2) is 11.7 Å². The second-order valence-corrected chi connectivity index (χ2v) is 6.23. The molecule has 0 aliphatic rings. The molecule has 0 unspecified atom stereocenters. The highest BCUT2D eigenvalue weighted by atomic mass is 19.1. The molecule has 0 atom stereocenters. The molecule has 0 radical (unpaired) electrons. The normalized spacial score (nSPS) is 10.6. The van der Waals surface area contributed by atoms with Gasteiger partial charge < -0.3 is 19.8 Å². The molecule has 0 saturated heterocycles. The number of halogens is 1. The minimum absolute atomic E-state index is 0.0256. The number of anilines is 2. The molecule has 0 aliphatic carbocycles. The molecular formula is C21H20FN3O4. The standard InChI is InChI=1S/C21H20FN3O4/c1-28-13-20(27)25-17-8-6-16(7-9-17)24-19(26)10-11-21-23-12-18(29-21)14-2-4-15(22)5-3-14/h2-9,12H,10-11,13H2,1H3,(H,24,26)(H,25,27). The number of carbonyl (C=O) groups excluding carboxylic acids is 2. The number of amides is 2. The van der Waals surface area contributed by atoms with E-state index in [0.29, 0.717) is 35.0 Å². The zero-order valence-corrected chi connectivity index (χ0v) is 15.8. The van der Waals surface area contributed by atoms with Crippen LogP contribution in [0.25, 0.3) is 11.3 Å². The fraction of sp³-hybridized carbons (Fsp3) is 0.190. The van der Waals surface area contributed by atoms with Gasteiger partial charge in [0.1, 0.15) is 12.4 Å². The number of hydrogen-bond acceptors (Lipinski definition) is 5. The van der Waals surface area contributed by atoms with E-state index in [1.807, 2.05) is 0 Å². The van der Waals surface area contributed by atoms with Gasteiger partial charge in [0.2, 0.25) is 11.8 Å². The van der Waals surface area contributed by atoms with E-state index in [2.05, 4.69) is 15.6 Å². The SMILES string of the molecule is COCC(=O)Nc1ccc(NC(=O)CCc2ncc(-c3ccc(F)cc3)o2)cc1. The average Bonchev–Trinajstić information content (AvgIpc) is 3.18. The van der Waals surface area contributed by atoms with Crippen LogP contribution in [0.2, 0.25) is 0 Å².